The molecule has 0 saturated heterocycles. The molecule has 14 heavy (non-hydrogen) atoms. The number of aliphatic hydroxyl groups excluding tert-OH is 1. The zero-order valence-corrected chi connectivity index (χ0v) is 8.08. The second-order valence-electron chi connectivity index (χ2n) is 2.64. The van der Waals surface area contributed by atoms with E-state index in [1.165, 1.54) is 11.3 Å². The standard InChI is InChI=1S/C8H10N2O3S/c9-7(12)6(11)3-10-8(13)5-1-2-14-4-5/h1-2,4,6,11H,3H2,(H2,9,12)(H,10,13). The van der Waals surface area contributed by atoms with E-state index in [2.05, 4.69) is 5.32 Å². The van der Waals surface area contributed by atoms with Gasteiger partial charge in [0.2, 0.25) is 5.91 Å². The van der Waals surface area contributed by atoms with Crippen LogP contribution in [0, 0.1) is 0 Å². The molecule has 0 aliphatic heterocycles. The van der Waals surface area contributed by atoms with E-state index in [-0.39, 0.29) is 12.5 Å². The molecule has 1 aromatic rings. The Morgan fingerprint density at radius 2 is 2.36 bits per heavy atom. The number of nitrogens with two attached hydrogens (primary N) is 1. The van der Waals surface area contributed by atoms with Crippen molar-refractivity contribution >= 4 is 23.2 Å². The summed E-state index contributed by atoms with van der Waals surface area (Å²) < 4.78 is 0. The van der Waals surface area contributed by atoms with Crippen molar-refractivity contribution in [2.24, 2.45) is 5.73 Å². The summed E-state index contributed by atoms with van der Waals surface area (Å²) in [4.78, 5) is 21.7. The highest BCUT2D eigenvalue weighted by atomic mass is 32.1. The SMILES string of the molecule is NC(=O)C(O)CNC(=O)c1ccsc1. The van der Waals surface area contributed by atoms with E-state index in [1.54, 1.807) is 16.8 Å². The molecule has 0 spiro atoms. The number of carbonyl (C=O) groups is 2. The lowest BCUT2D eigenvalue weighted by Gasteiger charge is -2.07. The number of amides is 2. The van der Waals surface area contributed by atoms with Gasteiger partial charge in [0.05, 0.1) is 6.54 Å². The Morgan fingerprint density at radius 1 is 1.64 bits per heavy atom. The van der Waals surface area contributed by atoms with E-state index >= 15 is 0 Å². The molecule has 1 unspecified atom stereocenters. The maximum absolute atomic E-state index is 11.3. The van der Waals surface area contributed by atoms with Crippen LogP contribution in [0.2, 0.25) is 0 Å². The molecule has 5 nitrogen and oxygen atoms in total. The molecule has 1 rings (SSSR count). The van der Waals surface area contributed by atoms with E-state index in [9.17, 15) is 9.59 Å². The summed E-state index contributed by atoms with van der Waals surface area (Å²) in [5, 5.41) is 14.8. The minimum Gasteiger partial charge on any atom is -0.381 e. The van der Waals surface area contributed by atoms with Crippen molar-refractivity contribution in [2.75, 3.05) is 6.54 Å². The quantitative estimate of drug-likeness (QED) is 0.620. The minimum absolute atomic E-state index is 0.163. The average molecular weight is 214 g/mol. The molecule has 4 N–H and O–H groups in total. The minimum atomic E-state index is -1.34. The van der Waals surface area contributed by atoms with Gasteiger partial charge in [0, 0.05) is 10.9 Å². The second-order valence-corrected chi connectivity index (χ2v) is 3.42. The molecule has 0 aliphatic rings. The van der Waals surface area contributed by atoms with Crippen molar-refractivity contribution in [3.05, 3.63) is 22.4 Å². The number of aliphatic hydroxyl groups is 1. The number of primary amides is 1. The van der Waals surface area contributed by atoms with E-state index in [4.69, 9.17) is 10.8 Å². The Hall–Kier alpha value is -1.40. The van der Waals surface area contributed by atoms with E-state index < -0.39 is 12.0 Å². The molecule has 2 amide bonds. The van der Waals surface area contributed by atoms with Crippen LogP contribution in [0.3, 0.4) is 0 Å². The molecule has 1 atom stereocenters. The fourth-order valence-corrected chi connectivity index (χ4v) is 1.42. The van der Waals surface area contributed by atoms with E-state index in [1.807, 2.05) is 0 Å². The number of carbonyl (C=O) groups excluding carboxylic acids is 2. The van der Waals surface area contributed by atoms with Crippen LogP contribution < -0.4 is 11.1 Å². The lowest BCUT2D eigenvalue weighted by molar-refractivity contribution is -0.125. The van der Waals surface area contributed by atoms with Gasteiger partial charge in [-0.2, -0.15) is 11.3 Å². The van der Waals surface area contributed by atoms with Gasteiger partial charge >= 0.3 is 0 Å². The van der Waals surface area contributed by atoms with Gasteiger partial charge in [0.25, 0.3) is 5.91 Å². The third-order valence-electron chi connectivity index (χ3n) is 1.57. The van der Waals surface area contributed by atoms with Gasteiger partial charge in [0.1, 0.15) is 6.10 Å². The fraction of sp³-hybridized carbons (Fsp3) is 0.250. The summed E-state index contributed by atoms with van der Waals surface area (Å²) in [7, 11) is 0. The normalized spacial score (nSPS) is 12.1. The number of nitrogens with one attached hydrogen (secondary N) is 1. The predicted molar refractivity (Wildman–Crippen MR) is 51.9 cm³/mol. The number of rotatable bonds is 4. The van der Waals surface area contributed by atoms with Crippen LogP contribution in [-0.4, -0.2) is 29.6 Å². The monoisotopic (exact) mass is 214 g/mol. The average Bonchev–Trinajstić information content (AvgIpc) is 2.66. The third kappa shape index (κ3) is 2.82. The first-order valence-electron chi connectivity index (χ1n) is 3.89. The van der Waals surface area contributed by atoms with Gasteiger partial charge in [-0.25, -0.2) is 0 Å². The Bertz CT molecular complexity index is 323. The molecule has 0 saturated carbocycles. The maximum Gasteiger partial charge on any atom is 0.252 e. The number of hydrogen-bond donors (Lipinski definition) is 3. The molecule has 1 aromatic heterocycles. The molecule has 0 fully saturated rings. The summed E-state index contributed by atoms with van der Waals surface area (Å²) in [6.45, 7) is -0.163. The first-order chi connectivity index (χ1) is 6.61. The van der Waals surface area contributed by atoms with Crippen molar-refractivity contribution in [3.8, 4) is 0 Å². The Morgan fingerprint density at radius 3 is 2.86 bits per heavy atom. The zero-order chi connectivity index (χ0) is 10.6. The molecule has 1 heterocycles. The van der Waals surface area contributed by atoms with Gasteiger partial charge in [0.15, 0.2) is 0 Å². The van der Waals surface area contributed by atoms with Crippen LogP contribution in [0.4, 0.5) is 0 Å². The van der Waals surface area contributed by atoms with Gasteiger partial charge in [-0.1, -0.05) is 0 Å². The van der Waals surface area contributed by atoms with Crippen LogP contribution in [0.1, 0.15) is 10.4 Å². The number of hydrogen-bond acceptors (Lipinski definition) is 4. The predicted octanol–water partition coefficient (Wildman–Crippen LogP) is -0.676. The highest BCUT2D eigenvalue weighted by molar-refractivity contribution is 7.08. The van der Waals surface area contributed by atoms with Gasteiger partial charge in [-0.05, 0) is 11.4 Å². The Kier molecular flexibility index (Phi) is 3.61. The first-order valence-corrected chi connectivity index (χ1v) is 4.83. The summed E-state index contributed by atoms with van der Waals surface area (Å²) in [5.74, 6) is -1.18. The molecule has 0 radical (unpaired) electrons. The first kappa shape index (κ1) is 10.7. The summed E-state index contributed by atoms with van der Waals surface area (Å²) in [6.07, 6.45) is -1.34. The molecule has 0 bridgehead atoms. The Balaban J connectivity index is 2.40. The van der Waals surface area contributed by atoms with Crippen LogP contribution >= 0.6 is 11.3 Å². The third-order valence-corrected chi connectivity index (χ3v) is 2.25. The molecular weight excluding hydrogens is 204 g/mol. The van der Waals surface area contributed by atoms with Crippen molar-refractivity contribution in [2.45, 2.75) is 6.10 Å². The van der Waals surface area contributed by atoms with Gasteiger partial charge < -0.3 is 16.2 Å². The smallest absolute Gasteiger partial charge is 0.252 e. The van der Waals surface area contributed by atoms with Crippen molar-refractivity contribution in [3.63, 3.8) is 0 Å². The number of thiophene rings is 1. The van der Waals surface area contributed by atoms with Crippen LogP contribution in [0.15, 0.2) is 16.8 Å². The second kappa shape index (κ2) is 4.73. The topological polar surface area (TPSA) is 92.4 Å². The zero-order valence-electron chi connectivity index (χ0n) is 7.27. The maximum atomic E-state index is 11.3. The molecule has 0 aliphatic carbocycles. The molecule has 6 heteroatoms. The fourth-order valence-electron chi connectivity index (χ4n) is 0.786. The Labute approximate surface area is 84.5 Å². The van der Waals surface area contributed by atoms with Crippen molar-refractivity contribution in [1.82, 2.24) is 5.32 Å². The largest absolute Gasteiger partial charge is 0.381 e. The lowest BCUT2D eigenvalue weighted by atomic mass is 10.3. The molecular formula is C8H10N2O3S. The van der Waals surface area contributed by atoms with Crippen molar-refractivity contribution < 1.29 is 14.7 Å². The summed E-state index contributed by atoms with van der Waals surface area (Å²) >= 11 is 1.39. The lowest BCUT2D eigenvalue weighted by Crippen LogP contribution is -2.39. The summed E-state index contributed by atoms with van der Waals surface area (Å²) in [5.41, 5.74) is 5.31. The van der Waals surface area contributed by atoms with Gasteiger partial charge in [-0.15, -0.1) is 0 Å². The summed E-state index contributed by atoms with van der Waals surface area (Å²) in [6, 6.07) is 1.65. The van der Waals surface area contributed by atoms with Crippen LogP contribution in [-0.2, 0) is 4.79 Å². The van der Waals surface area contributed by atoms with E-state index in [0.717, 1.165) is 0 Å². The molecule has 76 valence electrons. The van der Waals surface area contributed by atoms with Gasteiger partial charge in [-0.3, -0.25) is 9.59 Å². The van der Waals surface area contributed by atoms with Crippen LogP contribution in [0.5, 0.6) is 0 Å². The molecule has 0 aromatic carbocycles. The van der Waals surface area contributed by atoms with Crippen LogP contribution in [0.25, 0.3) is 0 Å². The van der Waals surface area contributed by atoms with E-state index in [0.29, 0.717) is 5.56 Å². The highest BCUT2D eigenvalue weighted by Gasteiger charge is 2.12. The highest BCUT2D eigenvalue weighted by Crippen LogP contribution is 2.04. The van der Waals surface area contributed by atoms with Crippen molar-refractivity contribution in [1.29, 1.82) is 0 Å².